The lowest BCUT2D eigenvalue weighted by Gasteiger charge is -2.20. The minimum Gasteiger partial charge on any atom is -0.328 e. The summed E-state index contributed by atoms with van der Waals surface area (Å²) in [5.41, 5.74) is 5.13. The second-order valence-electron chi connectivity index (χ2n) is 5.33. The summed E-state index contributed by atoms with van der Waals surface area (Å²) in [6.45, 7) is 1.89. The molecule has 11 heteroatoms. The number of hydrogen-bond donors (Lipinski definition) is 2. The van der Waals surface area contributed by atoms with Crippen LogP contribution in [0.25, 0.3) is 0 Å². The van der Waals surface area contributed by atoms with Crippen molar-refractivity contribution in [3.05, 3.63) is 45.7 Å². The topological polar surface area (TPSA) is 88.3 Å². The summed E-state index contributed by atoms with van der Waals surface area (Å²) in [5.74, 6) is -5.75. The third kappa shape index (κ3) is 5.65. The number of nitrogens with one attached hydrogen (secondary N) is 1. The predicted octanol–water partition coefficient (Wildman–Crippen LogP) is 2.93. The number of carbonyl (C=O) groups excluding carboxylic acids is 2. The number of nitrogens with zero attached hydrogens (tertiary/aromatic N) is 2. The Morgan fingerprint density at radius 1 is 1.26 bits per heavy atom. The SMILES string of the molecule is CCCN(CC(=O)Nc1ccc(F)c(F)c1F)C(=O)c1csc(CN)n1.Cl. The van der Waals surface area contributed by atoms with Gasteiger partial charge in [-0.15, -0.1) is 23.7 Å². The number of nitrogens with two attached hydrogens (primary N) is 1. The average molecular weight is 423 g/mol. The van der Waals surface area contributed by atoms with Gasteiger partial charge in [0.2, 0.25) is 5.91 Å². The fraction of sp³-hybridized carbons (Fsp3) is 0.312. The molecule has 2 amide bonds. The van der Waals surface area contributed by atoms with Gasteiger partial charge in [-0.3, -0.25) is 9.59 Å². The molecule has 3 N–H and O–H groups in total. The molecule has 0 saturated carbocycles. The van der Waals surface area contributed by atoms with Gasteiger partial charge in [0.15, 0.2) is 17.5 Å². The summed E-state index contributed by atoms with van der Waals surface area (Å²) in [6, 6.07) is 1.61. The Bertz CT molecular complexity index is 819. The first-order valence-corrected chi connectivity index (χ1v) is 8.62. The Hall–Kier alpha value is -2.17. The van der Waals surface area contributed by atoms with E-state index in [1.54, 1.807) is 5.38 Å². The third-order valence-electron chi connectivity index (χ3n) is 3.37. The van der Waals surface area contributed by atoms with E-state index < -0.39 is 35.0 Å². The van der Waals surface area contributed by atoms with Crippen molar-refractivity contribution in [3.8, 4) is 0 Å². The van der Waals surface area contributed by atoms with Gasteiger partial charge in [0.05, 0.1) is 5.69 Å². The van der Waals surface area contributed by atoms with Gasteiger partial charge in [-0.05, 0) is 18.6 Å². The standard InChI is InChI=1S/C16H17F3N4O2S.ClH/c1-2-5-23(16(25)11-8-26-13(6-20)22-11)7-12(24)21-10-4-3-9(17)14(18)15(10)19;/h3-4,8H,2,5-7,20H2,1H3,(H,21,24);1H. The van der Waals surface area contributed by atoms with E-state index in [0.29, 0.717) is 17.5 Å². The number of aromatic nitrogens is 1. The smallest absolute Gasteiger partial charge is 0.273 e. The molecule has 0 unspecified atom stereocenters. The third-order valence-corrected chi connectivity index (χ3v) is 4.24. The zero-order valence-corrected chi connectivity index (χ0v) is 15.9. The first kappa shape index (κ1) is 22.9. The number of amides is 2. The van der Waals surface area contributed by atoms with E-state index >= 15 is 0 Å². The molecule has 148 valence electrons. The molecule has 0 spiro atoms. The number of hydrogen-bond acceptors (Lipinski definition) is 5. The fourth-order valence-electron chi connectivity index (χ4n) is 2.17. The average Bonchev–Trinajstić information content (AvgIpc) is 3.10. The molecule has 0 saturated heterocycles. The first-order chi connectivity index (χ1) is 12.4. The van der Waals surface area contributed by atoms with Crippen LogP contribution in [-0.4, -0.2) is 34.8 Å². The van der Waals surface area contributed by atoms with Crippen LogP contribution in [-0.2, 0) is 11.3 Å². The molecule has 0 fully saturated rings. The normalized spacial score (nSPS) is 10.3. The fourth-order valence-corrected chi connectivity index (χ4v) is 2.82. The van der Waals surface area contributed by atoms with E-state index in [1.807, 2.05) is 6.92 Å². The zero-order valence-electron chi connectivity index (χ0n) is 14.3. The number of anilines is 1. The summed E-state index contributed by atoms with van der Waals surface area (Å²) < 4.78 is 39.8. The highest BCUT2D eigenvalue weighted by Crippen LogP contribution is 2.19. The lowest BCUT2D eigenvalue weighted by molar-refractivity contribution is -0.116. The van der Waals surface area contributed by atoms with Gasteiger partial charge in [-0.1, -0.05) is 6.92 Å². The lowest BCUT2D eigenvalue weighted by atomic mass is 10.2. The van der Waals surface area contributed by atoms with Gasteiger partial charge >= 0.3 is 0 Å². The monoisotopic (exact) mass is 422 g/mol. The quantitative estimate of drug-likeness (QED) is 0.671. The van der Waals surface area contributed by atoms with Gasteiger partial charge in [0.25, 0.3) is 5.91 Å². The maximum Gasteiger partial charge on any atom is 0.273 e. The van der Waals surface area contributed by atoms with Crippen LogP contribution >= 0.6 is 23.7 Å². The number of benzene rings is 1. The van der Waals surface area contributed by atoms with Crippen molar-refractivity contribution in [2.45, 2.75) is 19.9 Å². The van der Waals surface area contributed by atoms with Gasteiger partial charge < -0.3 is 16.0 Å². The van der Waals surface area contributed by atoms with Crippen LogP contribution in [0.3, 0.4) is 0 Å². The Morgan fingerprint density at radius 2 is 1.96 bits per heavy atom. The molecule has 27 heavy (non-hydrogen) atoms. The van der Waals surface area contributed by atoms with Crippen molar-refractivity contribution >= 4 is 41.2 Å². The summed E-state index contributed by atoms with van der Waals surface area (Å²) >= 11 is 1.23. The molecule has 1 aromatic heterocycles. The zero-order chi connectivity index (χ0) is 19.3. The molecular formula is C16H18ClF3N4O2S. The summed E-state index contributed by atoms with van der Waals surface area (Å²) in [7, 11) is 0. The first-order valence-electron chi connectivity index (χ1n) is 7.74. The molecule has 0 radical (unpaired) electrons. The Kier molecular flexibility index (Phi) is 8.67. The van der Waals surface area contributed by atoms with E-state index in [2.05, 4.69) is 10.3 Å². The minimum absolute atomic E-state index is 0. The van der Waals surface area contributed by atoms with E-state index in [0.717, 1.165) is 6.07 Å². The van der Waals surface area contributed by atoms with Crippen LogP contribution in [0.15, 0.2) is 17.5 Å². The highest BCUT2D eigenvalue weighted by atomic mass is 35.5. The van der Waals surface area contributed by atoms with Crippen LogP contribution in [0.1, 0.15) is 28.8 Å². The van der Waals surface area contributed by atoms with E-state index in [9.17, 15) is 22.8 Å². The Labute approximate surface area is 164 Å². The highest BCUT2D eigenvalue weighted by molar-refractivity contribution is 7.09. The molecule has 1 aromatic carbocycles. The van der Waals surface area contributed by atoms with Crippen LogP contribution in [0, 0.1) is 17.5 Å². The van der Waals surface area contributed by atoms with Crippen molar-refractivity contribution in [2.75, 3.05) is 18.4 Å². The van der Waals surface area contributed by atoms with Crippen molar-refractivity contribution in [3.63, 3.8) is 0 Å². The van der Waals surface area contributed by atoms with Crippen molar-refractivity contribution in [1.82, 2.24) is 9.88 Å². The minimum atomic E-state index is -1.68. The second-order valence-corrected chi connectivity index (χ2v) is 6.27. The van der Waals surface area contributed by atoms with Gasteiger partial charge in [0.1, 0.15) is 17.2 Å². The van der Waals surface area contributed by atoms with Crippen molar-refractivity contribution < 1.29 is 22.8 Å². The molecule has 0 aliphatic rings. The van der Waals surface area contributed by atoms with Crippen molar-refractivity contribution in [2.24, 2.45) is 5.73 Å². The van der Waals surface area contributed by atoms with Gasteiger partial charge in [-0.2, -0.15) is 0 Å². The Balaban J connectivity index is 0.00000364. The lowest BCUT2D eigenvalue weighted by Crippen LogP contribution is -2.38. The molecular weight excluding hydrogens is 405 g/mol. The van der Waals surface area contributed by atoms with Gasteiger partial charge in [0, 0.05) is 18.5 Å². The molecule has 0 aliphatic heterocycles. The number of rotatable bonds is 7. The molecule has 0 aliphatic carbocycles. The summed E-state index contributed by atoms with van der Waals surface area (Å²) in [4.78, 5) is 29.9. The van der Waals surface area contributed by atoms with Crippen LogP contribution < -0.4 is 11.1 Å². The second kappa shape index (κ2) is 10.2. The van der Waals surface area contributed by atoms with Crippen molar-refractivity contribution in [1.29, 1.82) is 0 Å². The largest absolute Gasteiger partial charge is 0.328 e. The molecule has 0 atom stereocenters. The summed E-state index contributed by atoms with van der Waals surface area (Å²) in [5, 5.41) is 4.26. The molecule has 0 bridgehead atoms. The molecule has 2 aromatic rings. The molecule has 2 rings (SSSR count). The number of thiazole rings is 1. The Morgan fingerprint density at radius 3 is 2.56 bits per heavy atom. The summed E-state index contributed by atoms with van der Waals surface area (Å²) in [6.07, 6.45) is 0.576. The van der Waals surface area contributed by atoms with Crippen LogP contribution in [0.4, 0.5) is 18.9 Å². The number of halogens is 4. The molecule has 6 nitrogen and oxygen atoms in total. The van der Waals surface area contributed by atoms with E-state index in [1.165, 1.54) is 16.2 Å². The predicted molar refractivity (Wildman–Crippen MR) is 98.4 cm³/mol. The highest BCUT2D eigenvalue weighted by Gasteiger charge is 2.22. The maximum absolute atomic E-state index is 13.6. The van der Waals surface area contributed by atoms with E-state index in [4.69, 9.17) is 5.73 Å². The van der Waals surface area contributed by atoms with Crippen LogP contribution in [0.5, 0.6) is 0 Å². The van der Waals surface area contributed by atoms with E-state index in [-0.39, 0.29) is 37.7 Å². The van der Waals surface area contributed by atoms with Gasteiger partial charge in [-0.25, -0.2) is 18.2 Å². The number of carbonyl (C=O) groups is 2. The maximum atomic E-state index is 13.6. The molecule has 1 heterocycles. The van der Waals surface area contributed by atoms with Crippen LogP contribution in [0.2, 0.25) is 0 Å².